The van der Waals surface area contributed by atoms with Gasteiger partial charge in [0.2, 0.25) is 0 Å². The fraction of sp³-hybridized carbons (Fsp3) is 0.600. The van der Waals surface area contributed by atoms with Crippen LogP contribution in [-0.2, 0) is 4.74 Å². The van der Waals surface area contributed by atoms with E-state index in [2.05, 4.69) is 10.3 Å². The summed E-state index contributed by atoms with van der Waals surface area (Å²) >= 11 is 1.53. The van der Waals surface area contributed by atoms with Crippen LogP contribution < -0.4 is 5.32 Å². The van der Waals surface area contributed by atoms with Crippen LogP contribution in [0.4, 0.5) is 0 Å². The van der Waals surface area contributed by atoms with E-state index in [1.54, 1.807) is 6.20 Å². The first-order valence-corrected chi connectivity index (χ1v) is 8.49. The molecule has 1 aliphatic heterocycles. The first-order chi connectivity index (χ1) is 10.2. The van der Waals surface area contributed by atoms with Gasteiger partial charge in [0, 0.05) is 17.8 Å². The standard InChI is InChI=1S/C15H19N3O2S/c19-13(12-9-18-6-7-21-14(18)17-12)16-11-8-15(20-10-11)4-2-1-3-5-15/h6-7,9,11H,1-5,8,10H2,(H,16,19)/t11-/m0/s1. The molecular weight excluding hydrogens is 286 g/mol. The number of fused-ring (bicyclic) bond motifs is 1. The van der Waals surface area contributed by atoms with Crippen LogP contribution in [0.2, 0.25) is 0 Å². The van der Waals surface area contributed by atoms with Crippen molar-refractivity contribution in [2.75, 3.05) is 6.61 Å². The Balaban J connectivity index is 1.42. The largest absolute Gasteiger partial charge is 0.373 e. The molecule has 5 nitrogen and oxygen atoms in total. The van der Waals surface area contributed by atoms with Crippen molar-refractivity contribution in [2.45, 2.75) is 50.2 Å². The second-order valence-corrected chi connectivity index (χ2v) is 7.02. The first kappa shape index (κ1) is 13.3. The van der Waals surface area contributed by atoms with Gasteiger partial charge in [0.15, 0.2) is 4.96 Å². The van der Waals surface area contributed by atoms with Crippen LogP contribution in [0.15, 0.2) is 17.8 Å². The van der Waals surface area contributed by atoms with Crippen molar-refractivity contribution in [3.8, 4) is 0 Å². The number of nitrogens with zero attached hydrogens (tertiary/aromatic N) is 2. The van der Waals surface area contributed by atoms with Gasteiger partial charge in [0.05, 0.1) is 18.2 Å². The van der Waals surface area contributed by atoms with Crippen molar-refractivity contribution in [2.24, 2.45) is 0 Å². The zero-order chi connectivity index (χ0) is 14.3. The minimum atomic E-state index is -0.0904. The summed E-state index contributed by atoms with van der Waals surface area (Å²) in [6.45, 7) is 0.633. The van der Waals surface area contributed by atoms with Gasteiger partial charge in [-0.25, -0.2) is 4.98 Å². The quantitative estimate of drug-likeness (QED) is 0.928. The number of aromatic nitrogens is 2. The van der Waals surface area contributed by atoms with Gasteiger partial charge in [-0.3, -0.25) is 9.20 Å². The van der Waals surface area contributed by atoms with Gasteiger partial charge in [-0.1, -0.05) is 19.3 Å². The summed E-state index contributed by atoms with van der Waals surface area (Å²) in [7, 11) is 0. The molecule has 3 heterocycles. The molecule has 1 atom stereocenters. The summed E-state index contributed by atoms with van der Waals surface area (Å²) in [5, 5.41) is 5.04. The van der Waals surface area contributed by atoms with E-state index in [1.807, 2.05) is 16.0 Å². The fourth-order valence-corrected chi connectivity index (χ4v) is 4.28. The first-order valence-electron chi connectivity index (χ1n) is 7.61. The third-order valence-electron chi connectivity index (χ3n) is 4.64. The minimum Gasteiger partial charge on any atom is -0.373 e. The van der Waals surface area contributed by atoms with Gasteiger partial charge >= 0.3 is 0 Å². The number of hydrogen-bond acceptors (Lipinski definition) is 4. The topological polar surface area (TPSA) is 55.6 Å². The fourth-order valence-electron chi connectivity index (χ4n) is 3.58. The molecule has 0 radical (unpaired) electrons. The van der Waals surface area contributed by atoms with Gasteiger partial charge in [0.1, 0.15) is 5.69 Å². The van der Waals surface area contributed by atoms with Gasteiger partial charge in [0.25, 0.3) is 5.91 Å². The third kappa shape index (κ3) is 2.46. The smallest absolute Gasteiger partial charge is 0.271 e. The van der Waals surface area contributed by atoms with Crippen LogP contribution in [0, 0.1) is 0 Å². The monoisotopic (exact) mass is 305 g/mol. The number of ether oxygens (including phenoxy) is 1. The number of hydrogen-bond donors (Lipinski definition) is 1. The number of rotatable bonds is 2. The predicted molar refractivity (Wildman–Crippen MR) is 80.7 cm³/mol. The van der Waals surface area contributed by atoms with Crippen molar-refractivity contribution in [3.63, 3.8) is 0 Å². The van der Waals surface area contributed by atoms with E-state index in [9.17, 15) is 4.79 Å². The molecule has 21 heavy (non-hydrogen) atoms. The molecule has 0 bridgehead atoms. The molecule has 1 N–H and O–H groups in total. The maximum Gasteiger partial charge on any atom is 0.271 e. The third-order valence-corrected chi connectivity index (χ3v) is 5.41. The highest BCUT2D eigenvalue weighted by atomic mass is 32.1. The van der Waals surface area contributed by atoms with E-state index in [0.29, 0.717) is 12.3 Å². The van der Waals surface area contributed by atoms with E-state index < -0.39 is 0 Å². The lowest BCUT2D eigenvalue weighted by Gasteiger charge is -2.32. The van der Waals surface area contributed by atoms with E-state index in [1.165, 1.54) is 30.6 Å². The normalized spacial score (nSPS) is 24.7. The predicted octanol–water partition coefficient (Wildman–Crippen LogP) is 2.62. The molecule has 1 aliphatic carbocycles. The van der Waals surface area contributed by atoms with E-state index in [-0.39, 0.29) is 17.6 Å². The molecule has 0 aromatic carbocycles. The molecule has 1 amide bonds. The molecule has 1 saturated carbocycles. The number of amides is 1. The summed E-state index contributed by atoms with van der Waals surface area (Å²) in [6.07, 6.45) is 10.7. The maximum atomic E-state index is 12.3. The highest BCUT2D eigenvalue weighted by Gasteiger charge is 2.41. The molecule has 2 aromatic rings. The summed E-state index contributed by atoms with van der Waals surface area (Å²) in [5.74, 6) is -0.0904. The highest BCUT2D eigenvalue weighted by Crippen LogP contribution is 2.39. The van der Waals surface area contributed by atoms with Gasteiger partial charge in [-0.15, -0.1) is 11.3 Å². The summed E-state index contributed by atoms with van der Waals surface area (Å²) in [5.41, 5.74) is 0.525. The summed E-state index contributed by atoms with van der Waals surface area (Å²) < 4.78 is 7.92. The number of carbonyl (C=O) groups is 1. The molecule has 6 heteroatoms. The summed E-state index contributed by atoms with van der Waals surface area (Å²) in [6, 6.07) is 0.121. The average molecular weight is 305 g/mol. The van der Waals surface area contributed by atoms with Crippen molar-refractivity contribution in [1.29, 1.82) is 0 Å². The molecule has 4 rings (SSSR count). The lowest BCUT2D eigenvalue weighted by Crippen LogP contribution is -2.37. The lowest BCUT2D eigenvalue weighted by atomic mass is 9.82. The molecule has 2 aliphatic rings. The minimum absolute atomic E-state index is 0.0325. The average Bonchev–Trinajstić information content (AvgIpc) is 3.15. The zero-order valence-corrected chi connectivity index (χ0v) is 12.7. The van der Waals surface area contributed by atoms with Crippen molar-refractivity contribution in [1.82, 2.24) is 14.7 Å². The van der Waals surface area contributed by atoms with Crippen LogP contribution in [-0.4, -0.2) is 33.5 Å². The second-order valence-electron chi connectivity index (χ2n) is 6.15. The van der Waals surface area contributed by atoms with Crippen LogP contribution in [0.1, 0.15) is 49.0 Å². The van der Waals surface area contributed by atoms with Crippen LogP contribution in [0.5, 0.6) is 0 Å². The SMILES string of the molecule is O=C(N[C@@H]1COC2(CCCCC2)C1)c1cn2ccsc2n1. The Hall–Kier alpha value is -1.40. The zero-order valence-electron chi connectivity index (χ0n) is 11.9. The second kappa shape index (κ2) is 5.10. The van der Waals surface area contributed by atoms with Gasteiger partial charge < -0.3 is 10.1 Å². The molecule has 2 aromatic heterocycles. The summed E-state index contributed by atoms with van der Waals surface area (Å²) in [4.78, 5) is 17.5. The molecule has 1 spiro atoms. The Labute approximate surface area is 127 Å². The molecular formula is C15H19N3O2S. The van der Waals surface area contributed by atoms with Crippen molar-refractivity contribution < 1.29 is 9.53 Å². The van der Waals surface area contributed by atoms with E-state index in [0.717, 1.165) is 24.2 Å². The van der Waals surface area contributed by atoms with Crippen molar-refractivity contribution in [3.05, 3.63) is 23.5 Å². The number of thiazole rings is 1. The Bertz CT molecular complexity index is 628. The number of imidazole rings is 1. The number of nitrogens with one attached hydrogen (secondary N) is 1. The Morgan fingerprint density at radius 2 is 2.29 bits per heavy atom. The van der Waals surface area contributed by atoms with E-state index >= 15 is 0 Å². The highest BCUT2D eigenvalue weighted by molar-refractivity contribution is 7.15. The van der Waals surface area contributed by atoms with Gasteiger partial charge in [-0.2, -0.15) is 0 Å². The number of carbonyl (C=O) groups excluding carboxylic acids is 1. The van der Waals surface area contributed by atoms with Gasteiger partial charge in [-0.05, 0) is 19.3 Å². The molecule has 2 fully saturated rings. The molecule has 1 saturated heterocycles. The van der Waals surface area contributed by atoms with E-state index in [4.69, 9.17) is 4.74 Å². The van der Waals surface area contributed by atoms with Crippen molar-refractivity contribution >= 4 is 22.2 Å². The maximum absolute atomic E-state index is 12.3. The van der Waals surface area contributed by atoms with Crippen LogP contribution in [0.3, 0.4) is 0 Å². The molecule has 112 valence electrons. The Morgan fingerprint density at radius 1 is 1.43 bits per heavy atom. The lowest BCUT2D eigenvalue weighted by molar-refractivity contribution is -0.0246. The van der Waals surface area contributed by atoms with Crippen LogP contribution >= 0.6 is 11.3 Å². The van der Waals surface area contributed by atoms with Crippen LogP contribution in [0.25, 0.3) is 4.96 Å². The Morgan fingerprint density at radius 3 is 3.10 bits per heavy atom. The molecule has 0 unspecified atom stereocenters. The Kier molecular flexibility index (Phi) is 3.23.